The Morgan fingerprint density at radius 2 is 1.69 bits per heavy atom. The lowest BCUT2D eigenvalue weighted by Gasteiger charge is -2.24. The molecule has 0 saturated carbocycles. The fourth-order valence-corrected chi connectivity index (χ4v) is 3.38. The van der Waals surface area contributed by atoms with Crippen molar-refractivity contribution in [3.63, 3.8) is 0 Å². The second-order valence-electron chi connectivity index (χ2n) is 7.16. The molecule has 0 unspecified atom stereocenters. The molecule has 3 heterocycles. The molecule has 0 radical (unpaired) electrons. The second-order valence-corrected chi connectivity index (χ2v) is 7.16. The minimum atomic E-state index is -1.12. The van der Waals surface area contributed by atoms with Crippen molar-refractivity contribution in [2.75, 3.05) is 17.2 Å². The summed E-state index contributed by atoms with van der Waals surface area (Å²) in [4.78, 5) is 54.5. The number of nitrogens with one attached hydrogen (secondary N) is 2. The molecule has 2 N–H and O–H groups in total. The molecule has 1 saturated heterocycles. The van der Waals surface area contributed by atoms with Gasteiger partial charge in [-0.3, -0.25) is 19.2 Å². The maximum absolute atomic E-state index is 11.8. The number of anilines is 2. The highest BCUT2D eigenvalue weighted by atomic mass is 35.5. The Morgan fingerprint density at radius 1 is 1.03 bits per heavy atom. The molecule has 3 rings (SSSR count). The van der Waals surface area contributed by atoms with E-state index in [0.29, 0.717) is 12.2 Å². The van der Waals surface area contributed by atoms with Crippen LogP contribution < -0.4 is 27.6 Å². The van der Waals surface area contributed by atoms with E-state index in [0.717, 1.165) is 0 Å². The van der Waals surface area contributed by atoms with E-state index in [2.05, 4.69) is 20.6 Å². The zero-order valence-corrected chi connectivity index (χ0v) is 19.8. The van der Waals surface area contributed by atoms with E-state index in [1.165, 1.54) is 27.1 Å². The molecule has 14 heteroatoms. The van der Waals surface area contributed by atoms with Crippen LogP contribution >= 0.6 is 0 Å². The highest BCUT2D eigenvalue weighted by molar-refractivity contribution is 5.82. The highest BCUT2D eigenvalue weighted by Gasteiger charge is 2.50. The van der Waals surface area contributed by atoms with Crippen molar-refractivity contribution in [2.24, 2.45) is 0 Å². The first-order chi connectivity index (χ1) is 16.3. The van der Waals surface area contributed by atoms with E-state index < -0.39 is 42.4 Å². The molecule has 35 heavy (non-hydrogen) atoms. The first kappa shape index (κ1) is 27.4. The van der Waals surface area contributed by atoms with E-state index in [1.54, 1.807) is 29.1 Å². The lowest BCUT2D eigenvalue weighted by Crippen LogP contribution is -3.00. The van der Waals surface area contributed by atoms with Gasteiger partial charge in [-0.05, 0) is 17.1 Å². The molecule has 1 amide bonds. The normalized spacial score (nSPS) is 20.7. The third-order valence-electron chi connectivity index (χ3n) is 4.63. The van der Waals surface area contributed by atoms with Crippen molar-refractivity contribution < 1.29 is 55.1 Å². The van der Waals surface area contributed by atoms with Gasteiger partial charge in [-0.1, -0.05) is 6.07 Å². The fourth-order valence-electron chi connectivity index (χ4n) is 3.38. The SMILES string of the molecule is CC(=O)OC[C@H]1O[C@@H](Nc2ncnc(-[n+]3ccccc3)c2NC=O)[C@H](OC(C)=O)[C@@H]1OC(C)=O.[Cl-]. The van der Waals surface area contributed by atoms with Gasteiger partial charge >= 0.3 is 23.7 Å². The van der Waals surface area contributed by atoms with Crippen LogP contribution in [0.4, 0.5) is 11.5 Å². The Balaban J connectivity index is 0.00000432. The molecule has 0 aliphatic carbocycles. The molecule has 0 bridgehead atoms. The zero-order valence-electron chi connectivity index (χ0n) is 19.0. The van der Waals surface area contributed by atoms with Crippen LogP contribution in [0.3, 0.4) is 0 Å². The Morgan fingerprint density at radius 3 is 2.29 bits per heavy atom. The zero-order chi connectivity index (χ0) is 24.7. The molecule has 1 fully saturated rings. The standard InChI is InChI=1S/C21H23N5O8.ClH/c1-12(28)31-9-15-17(32-13(2)29)18(33-14(3)30)21(34-15)25-19-16(24-11-27)20(23-10-22-19)26-7-5-4-6-8-26;/h4-8,10-11,15,17-18,21H,9H2,1-3H3,(H-,22,23,24,25,27);1H/t15-,17-,18-,21-;/m1./s1. The third kappa shape index (κ3) is 7.07. The quantitative estimate of drug-likeness (QED) is 0.152. The van der Waals surface area contributed by atoms with E-state index in [1.807, 2.05) is 6.07 Å². The van der Waals surface area contributed by atoms with Crippen LogP contribution in [0.1, 0.15) is 20.8 Å². The van der Waals surface area contributed by atoms with E-state index in [9.17, 15) is 19.2 Å². The summed E-state index contributed by atoms with van der Waals surface area (Å²) in [5.74, 6) is -1.37. The number of halogens is 1. The fraction of sp³-hybridized carbons (Fsp3) is 0.381. The first-order valence-corrected chi connectivity index (χ1v) is 10.2. The van der Waals surface area contributed by atoms with Crippen molar-refractivity contribution in [3.05, 3.63) is 36.9 Å². The molecule has 2 aromatic rings. The van der Waals surface area contributed by atoms with Gasteiger partial charge in [0.2, 0.25) is 12.7 Å². The van der Waals surface area contributed by atoms with Crippen molar-refractivity contribution in [1.29, 1.82) is 0 Å². The molecular weight excluding hydrogens is 486 g/mol. The van der Waals surface area contributed by atoms with Crippen LogP contribution in [0.15, 0.2) is 36.9 Å². The lowest BCUT2D eigenvalue weighted by atomic mass is 10.1. The number of pyridine rings is 1. The van der Waals surface area contributed by atoms with Crippen molar-refractivity contribution in [2.45, 2.75) is 45.3 Å². The van der Waals surface area contributed by atoms with Gasteiger partial charge < -0.3 is 42.0 Å². The van der Waals surface area contributed by atoms with Crippen LogP contribution in [-0.4, -0.2) is 65.4 Å². The van der Waals surface area contributed by atoms with Crippen LogP contribution in [0.2, 0.25) is 0 Å². The minimum absolute atomic E-state index is 0. The predicted octanol–water partition coefficient (Wildman–Crippen LogP) is -3.11. The van der Waals surface area contributed by atoms with Crippen LogP contribution in [-0.2, 0) is 38.1 Å². The summed E-state index contributed by atoms with van der Waals surface area (Å²) in [6, 6.07) is 5.37. The molecule has 4 atom stereocenters. The second kappa shape index (κ2) is 12.6. The number of hydrogen-bond acceptors (Lipinski definition) is 11. The van der Waals surface area contributed by atoms with Crippen LogP contribution in [0.5, 0.6) is 0 Å². The number of carbonyl (C=O) groups excluding carboxylic acids is 4. The monoisotopic (exact) mass is 509 g/mol. The summed E-state index contributed by atoms with van der Waals surface area (Å²) in [5.41, 5.74) is 0.214. The topological polar surface area (TPSA) is 159 Å². The Kier molecular flexibility index (Phi) is 9.85. The van der Waals surface area contributed by atoms with Gasteiger partial charge in [0.15, 0.2) is 29.9 Å². The largest absolute Gasteiger partial charge is 1.00 e. The summed E-state index contributed by atoms with van der Waals surface area (Å²) in [6.45, 7) is 3.34. The summed E-state index contributed by atoms with van der Waals surface area (Å²) in [6.07, 6.45) is 0.958. The highest BCUT2D eigenvalue weighted by Crippen LogP contribution is 2.31. The summed E-state index contributed by atoms with van der Waals surface area (Å²) >= 11 is 0. The molecule has 1 aliphatic rings. The van der Waals surface area contributed by atoms with Gasteiger partial charge in [0.25, 0.3) is 0 Å². The lowest BCUT2D eigenvalue weighted by molar-refractivity contribution is -0.598. The third-order valence-corrected chi connectivity index (χ3v) is 4.63. The van der Waals surface area contributed by atoms with E-state index in [4.69, 9.17) is 18.9 Å². The summed E-state index contributed by atoms with van der Waals surface area (Å²) in [5, 5.41) is 5.52. The molecule has 0 spiro atoms. The summed E-state index contributed by atoms with van der Waals surface area (Å²) in [7, 11) is 0. The molecular formula is C21H24ClN5O8. The first-order valence-electron chi connectivity index (χ1n) is 10.2. The average molecular weight is 510 g/mol. The number of aromatic nitrogens is 3. The van der Waals surface area contributed by atoms with Gasteiger partial charge in [-0.2, -0.15) is 4.98 Å². The number of ether oxygens (including phenoxy) is 4. The van der Waals surface area contributed by atoms with Crippen LogP contribution in [0.25, 0.3) is 5.82 Å². The van der Waals surface area contributed by atoms with Crippen molar-refractivity contribution >= 4 is 35.8 Å². The predicted molar refractivity (Wildman–Crippen MR) is 113 cm³/mol. The van der Waals surface area contributed by atoms with Gasteiger partial charge in [0, 0.05) is 20.8 Å². The Bertz CT molecular complexity index is 1060. The number of esters is 3. The maximum Gasteiger partial charge on any atom is 0.357 e. The van der Waals surface area contributed by atoms with Gasteiger partial charge in [-0.15, -0.1) is 0 Å². The smallest absolute Gasteiger partial charge is 0.357 e. The molecule has 13 nitrogen and oxygen atoms in total. The molecule has 0 aromatic carbocycles. The average Bonchev–Trinajstić information content (AvgIpc) is 3.09. The van der Waals surface area contributed by atoms with E-state index >= 15 is 0 Å². The molecule has 188 valence electrons. The number of amides is 1. The van der Waals surface area contributed by atoms with Gasteiger partial charge in [0.1, 0.15) is 12.7 Å². The summed E-state index contributed by atoms with van der Waals surface area (Å²) < 4.78 is 23.3. The van der Waals surface area contributed by atoms with Gasteiger partial charge in [0.05, 0.1) is 12.4 Å². The van der Waals surface area contributed by atoms with Crippen molar-refractivity contribution in [3.8, 4) is 5.82 Å². The van der Waals surface area contributed by atoms with Gasteiger partial charge in [-0.25, -0.2) is 4.57 Å². The number of rotatable bonds is 9. The number of hydrogen-bond donors (Lipinski definition) is 2. The van der Waals surface area contributed by atoms with Crippen LogP contribution in [0, 0.1) is 0 Å². The number of nitrogens with zero attached hydrogens (tertiary/aromatic N) is 3. The number of carbonyl (C=O) groups is 4. The van der Waals surface area contributed by atoms with E-state index in [-0.39, 0.29) is 30.5 Å². The Hall–Kier alpha value is -3.84. The minimum Gasteiger partial charge on any atom is -1.00 e. The Labute approximate surface area is 206 Å². The molecule has 2 aromatic heterocycles. The maximum atomic E-state index is 11.8. The molecule has 1 aliphatic heterocycles. The van der Waals surface area contributed by atoms with Crippen molar-refractivity contribution in [1.82, 2.24) is 9.97 Å².